The summed E-state index contributed by atoms with van der Waals surface area (Å²) in [6.07, 6.45) is 6.87. The van der Waals surface area contributed by atoms with Crippen LogP contribution >= 0.6 is 38.5 Å². The first-order valence-corrected chi connectivity index (χ1v) is 6.33. The van der Waals surface area contributed by atoms with Crippen LogP contribution in [0.2, 0.25) is 0 Å². The molecule has 0 spiro atoms. The van der Waals surface area contributed by atoms with Crippen molar-refractivity contribution in [2.45, 2.75) is 38.5 Å². The average Bonchev–Trinajstić information content (AvgIpc) is 1.96. The number of unbranched alkanes of at least 4 members (excludes halogenated alkanes) is 4. The maximum Gasteiger partial charge on any atom is 0.197 e. The SMILES string of the molecule is O=C(Br)CCCCCCCI. The van der Waals surface area contributed by atoms with E-state index in [9.17, 15) is 4.79 Å². The van der Waals surface area contributed by atoms with Gasteiger partial charge in [0.05, 0.1) is 0 Å². The Labute approximate surface area is 90.6 Å². The number of halogens is 2. The molecule has 0 heterocycles. The van der Waals surface area contributed by atoms with Crippen LogP contribution < -0.4 is 0 Å². The molecule has 0 aromatic carbocycles. The van der Waals surface area contributed by atoms with Gasteiger partial charge in [-0.15, -0.1) is 0 Å². The summed E-state index contributed by atoms with van der Waals surface area (Å²) in [4.78, 5) is 10.4. The zero-order valence-corrected chi connectivity index (χ0v) is 10.4. The second-order valence-electron chi connectivity index (χ2n) is 2.56. The summed E-state index contributed by atoms with van der Waals surface area (Å²) in [5.41, 5.74) is 0. The fourth-order valence-corrected chi connectivity index (χ4v) is 1.71. The van der Waals surface area contributed by atoms with Crippen molar-refractivity contribution in [3.63, 3.8) is 0 Å². The van der Waals surface area contributed by atoms with E-state index in [0.29, 0.717) is 6.42 Å². The van der Waals surface area contributed by atoms with E-state index in [1.807, 2.05) is 0 Å². The van der Waals surface area contributed by atoms with Crippen molar-refractivity contribution in [2.75, 3.05) is 4.43 Å². The maximum absolute atomic E-state index is 10.4. The van der Waals surface area contributed by atoms with Crippen molar-refractivity contribution < 1.29 is 4.79 Å². The molecule has 0 aliphatic rings. The van der Waals surface area contributed by atoms with Gasteiger partial charge in [0, 0.05) is 6.42 Å². The highest BCUT2D eigenvalue weighted by Crippen LogP contribution is 2.07. The zero-order chi connectivity index (χ0) is 8.53. The number of alkyl halides is 1. The molecule has 0 N–H and O–H groups in total. The highest BCUT2D eigenvalue weighted by molar-refractivity contribution is 14.1. The molecule has 11 heavy (non-hydrogen) atoms. The lowest BCUT2D eigenvalue weighted by molar-refractivity contribution is -0.110. The minimum absolute atomic E-state index is 0.145. The number of carbonyl (C=O) groups excluding carboxylic acids is 1. The van der Waals surface area contributed by atoms with Crippen molar-refractivity contribution in [1.82, 2.24) is 0 Å². The highest BCUT2D eigenvalue weighted by atomic mass is 127. The van der Waals surface area contributed by atoms with Crippen LogP contribution in [-0.2, 0) is 4.79 Å². The van der Waals surface area contributed by atoms with E-state index in [1.54, 1.807) is 0 Å². The molecule has 66 valence electrons. The van der Waals surface area contributed by atoms with Crippen LogP contribution in [0.3, 0.4) is 0 Å². The third-order valence-electron chi connectivity index (χ3n) is 1.51. The average molecular weight is 333 g/mol. The van der Waals surface area contributed by atoms with Gasteiger partial charge in [-0.3, -0.25) is 4.79 Å². The lowest BCUT2D eigenvalue weighted by atomic mass is 10.1. The van der Waals surface area contributed by atoms with Crippen LogP contribution in [0.15, 0.2) is 0 Å². The molecule has 3 heteroatoms. The van der Waals surface area contributed by atoms with Crippen LogP contribution in [-0.4, -0.2) is 9.12 Å². The van der Waals surface area contributed by atoms with E-state index in [-0.39, 0.29) is 4.69 Å². The predicted octanol–water partition coefficient (Wildman–Crippen LogP) is 3.68. The Kier molecular flexibility index (Phi) is 9.69. The van der Waals surface area contributed by atoms with Gasteiger partial charge in [0.1, 0.15) is 0 Å². The Balaban J connectivity index is 2.85. The minimum atomic E-state index is 0.145. The first-order valence-electron chi connectivity index (χ1n) is 4.01. The van der Waals surface area contributed by atoms with E-state index < -0.39 is 0 Å². The van der Waals surface area contributed by atoms with Crippen molar-refractivity contribution in [3.05, 3.63) is 0 Å². The number of carbonyl (C=O) groups is 1. The van der Waals surface area contributed by atoms with Crippen LogP contribution in [0.25, 0.3) is 0 Å². The van der Waals surface area contributed by atoms with Crippen molar-refractivity contribution in [3.8, 4) is 0 Å². The largest absolute Gasteiger partial charge is 0.287 e. The van der Waals surface area contributed by atoms with Crippen molar-refractivity contribution in [2.24, 2.45) is 0 Å². The monoisotopic (exact) mass is 332 g/mol. The van der Waals surface area contributed by atoms with Gasteiger partial charge >= 0.3 is 0 Å². The summed E-state index contributed by atoms with van der Waals surface area (Å²) in [5.74, 6) is 0. The molecular formula is C8H14BrIO. The topological polar surface area (TPSA) is 17.1 Å². The Bertz CT molecular complexity index is 106. The van der Waals surface area contributed by atoms with Gasteiger partial charge in [0.2, 0.25) is 0 Å². The zero-order valence-electron chi connectivity index (χ0n) is 6.61. The van der Waals surface area contributed by atoms with Gasteiger partial charge in [-0.2, -0.15) is 0 Å². The van der Waals surface area contributed by atoms with Crippen LogP contribution in [0.1, 0.15) is 38.5 Å². The molecule has 0 amide bonds. The number of rotatable bonds is 7. The molecule has 0 rings (SSSR count). The summed E-state index contributed by atoms with van der Waals surface area (Å²) in [6.45, 7) is 0. The second kappa shape index (κ2) is 8.97. The van der Waals surface area contributed by atoms with Gasteiger partial charge in [-0.05, 0) is 33.2 Å². The fourth-order valence-electron chi connectivity index (χ4n) is 0.889. The molecule has 0 radical (unpaired) electrons. The first-order chi connectivity index (χ1) is 5.27. The van der Waals surface area contributed by atoms with E-state index in [2.05, 4.69) is 38.5 Å². The Morgan fingerprint density at radius 3 is 2.18 bits per heavy atom. The summed E-state index contributed by atoms with van der Waals surface area (Å²) < 4.78 is 1.40. The lowest BCUT2D eigenvalue weighted by Gasteiger charge is -1.96. The molecule has 0 aliphatic carbocycles. The van der Waals surface area contributed by atoms with Gasteiger partial charge in [0.25, 0.3) is 0 Å². The second-order valence-corrected chi connectivity index (χ2v) is 4.53. The molecule has 0 unspecified atom stereocenters. The molecule has 0 aliphatic heterocycles. The summed E-state index contributed by atoms with van der Waals surface area (Å²) in [5, 5.41) is 0. The Hall–Kier alpha value is 0.880. The van der Waals surface area contributed by atoms with Gasteiger partial charge in [-0.25, -0.2) is 0 Å². The van der Waals surface area contributed by atoms with Crippen LogP contribution in [0.5, 0.6) is 0 Å². The molecule has 0 saturated carbocycles. The smallest absolute Gasteiger partial charge is 0.197 e. The molecule has 0 bridgehead atoms. The summed E-state index contributed by atoms with van der Waals surface area (Å²) in [7, 11) is 0. The Morgan fingerprint density at radius 2 is 1.64 bits per heavy atom. The molecule has 0 fully saturated rings. The number of hydrogen-bond acceptors (Lipinski definition) is 1. The molecule has 1 nitrogen and oxygen atoms in total. The third kappa shape index (κ3) is 10.9. The van der Waals surface area contributed by atoms with Crippen LogP contribution in [0, 0.1) is 0 Å². The molecule has 0 aromatic heterocycles. The summed E-state index contributed by atoms with van der Waals surface area (Å²) >= 11 is 5.31. The molecular weight excluding hydrogens is 319 g/mol. The highest BCUT2D eigenvalue weighted by Gasteiger charge is 1.94. The van der Waals surface area contributed by atoms with Crippen molar-refractivity contribution >= 4 is 43.2 Å². The molecule has 0 aromatic rings. The van der Waals surface area contributed by atoms with E-state index in [4.69, 9.17) is 0 Å². The lowest BCUT2D eigenvalue weighted by Crippen LogP contribution is -1.85. The minimum Gasteiger partial charge on any atom is -0.287 e. The van der Waals surface area contributed by atoms with E-state index >= 15 is 0 Å². The molecule has 0 atom stereocenters. The fraction of sp³-hybridized carbons (Fsp3) is 0.875. The normalized spacial score (nSPS) is 10.0. The summed E-state index contributed by atoms with van der Waals surface area (Å²) in [6, 6.07) is 0. The van der Waals surface area contributed by atoms with Gasteiger partial charge in [0.15, 0.2) is 4.69 Å². The van der Waals surface area contributed by atoms with E-state index in [0.717, 1.165) is 6.42 Å². The van der Waals surface area contributed by atoms with Crippen LogP contribution in [0.4, 0.5) is 0 Å². The van der Waals surface area contributed by atoms with Gasteiger partial charge < -0.3 is 0 Å². The Morgan fingerprint density at radius 1 is 1.09 bits per heavy atom. The quantitative estimate of drug-likeness (QED) is 0.301. The predicted molar refractivity (Wildman–Crippen MR) is 60.5 cm³/mol. The maximum atomic E-state index is 10.4. The molecule has 0 saturated heterocycles. The van der Waals surface area contributed by atoms with E-state index in [1.165, 1.54) is 30.1 Å². The third-order valence-corrected chi connectivity index (χ3v) is 2.67. The first kappa shape index (κ1) is 11.9. The number of hydrogen-bond donors (Lipinski definition) is 0. The standard InChI is InChI=1S/C8H14BrIO/c9-8(11)6-4-2-1-3-5-7-10/h1-7H2. The van der Waals surface area contributed by atoms with Crippen molar-refractivity contribution in [1.29, 1.82) is 0 Å². The van der Waals surface area contributed by atoms with Gasteiger partial charge in [-0.1, -0.05) is 41.9 Å².